The van der Waals surface area contributed by atoms with E-state index in [1.165, 1.54) is 0 Å². The van der Waals surface area contributed by atoms with Crippen molar-refractivity contribution in [1.82, 2.24) is 0 Å². The van der Waals surface area contributed by atoms with Crippen LogP contribution in [0.4, 0.5) is 5.69 Å². The number of carboxylic acid groups (broad SMARTS) is 1. The molecule has 0 aliphatic heterocycles. The second kappa shape index (κ2) is 7.32. The third kappa shape index (κ3) is 4.25. The summed E-state index contributed by atoms with van der Waals surface area (Å²) in [5.74, 6) is -0.867. The molecule has 4 heteroatoms. The van der Waals surface area contributed by atoms with Gasteiger partial charge < -0.3 is 10.0 Å². The molecule has 0 heterocycles. The van der Waals surface area contributed by atoms with E-state index in [0.29, 0.717) is 6.42 Å². The molecule has 0 amide bonds. The molecule has 3 nitrogen and oxygen atoms in total. The van der Waals surface area contributed by atoms with Crippen molar-refractivity contribution in [3.63, 3.8) is 0 Å². The van der Waals surface area contributed by atoms with E-state index in [1.54, 1.807) is 0 Å². The summed E-state index contributed by atoms with van der Waals surface area (Å²) in [6.07, 6.45) is 0.517. The van der Waals surface area contributed by atoms with E-state index in [2.05, 4.69) is 29.2 Å². The highest BCUT2D eigenvalue weighted by Gasteiger charge is 2.13. The Kier molecular flexibility index (Phi) is 5.45. The Morgan fingerprint density at radius 2 is 1.86 bits per heavy atom. The van der Waals surface area contributed by atoms with E-state index >= 15 is 0 Å². The van der Waals surface area contributed by atoms with E-state index in [0.717, 1.165) is 22.4 Å². The molecule has 2 aromatic rings. The normalized spacial score (nSPS) is 12.0. The Morgan fingerprint density at radius 3 is 2.45 bits per heavy atom. The largest absolute Gasteiger partial charge is 0.481 e. The van der Waals surface area contributed by atoms with Gasteiger partial charge in [-0.1, -0.05) is 42.5 Å². The van der Waals surface area contributed by atoms with Gasteiger partial charge in [0.05, 0.1) is 6.42 Å². The van der Waals surface area contributed by atoms with Gasteiger partial charge in [0.15, 0.2) is 0 Å². The topological polar surface area (TPSA) is 40.5 Å². The van der Waals surface area contributed by atoms with Crippen molar-refractivity contribution in [3.8, 4) is 11.1 Å². The number of rotatable bonds is 6. The van der Waals surface area contributed by atoms with Crippen molar-refractivity contribution >= 4 is 23.3 Å². The molecule has 0 spiro atoms. The molecule has 116 valence electrons. The van der Waals surface area contributed by atoms with E-state index in [-0.39, 0.29) is 6.42 Å². The fourth-order valence-electron chi connectivity index (χ4n) is 2.45. The highest BCUT2D eigenvalue weighted by atomic mass is 35.5. The van der Waals surface area contributed by atoms with Gasteiger partial charge in [-0.25, -0.2) is 0 Å². The molecule has 1 atom stereocenters. The first-order valence-electron chi connectivity index (χ1n) is 7.19. The van der Waals surface area contributed by atoms with Crippen LogP contribution in [0.1, 0.15) is 12.0 Å². The summed E-state index contributed by atoms with van der Waals surface area (Å²) in [4.78, 5) is 12.8. The van der Waals surface area contributed by atoms with Gasteiger partial charge in [0.25, 0.3) is 0 Å². The summed E-state index contributed by atoms with van der Waals surface area (Å²) < 4.78 is 0. The number of aliphatic carboxylic acids is 1. The Bertz CT molecular complexity index is 641. The van der Waals surface area contributed by atoms with Crippen LogP contribution in [0, 0.1) is 0 Å². The predicted molar refractivity (Wildman–Crippen MR) is 91.8 cm³/mol. The third-order valence-corrected chi connectivity index (χ3v) is 3.79. The van der Waals surface area contributed by atoms with Crippen LogP contribution in [0.2, 0.25) is 0 Å². The average molecular weight is 318 g/mol. The third-order valence-electron chi connectivity index (χ3n) is 3.48. The van der Waals surface area contributed by atoms with Crippen LogP contribution in [0.15, 0.2) is 48.5 Å². The molecule has 0 saturated carbocycles. The molecular formula is C18H20ClNO2. The monoisotopic (exact) mass is 317 g/mol. The molecule has 0 aliphatic rings. The summed E-state index contributed by atoms with van der Waals surface area (Å²) in [7, 11) is 4.00. The number of halogens is 1. The SMILES string of the molecule is CN(C)c1cc(CC(Cl)CC(=O)O)ccc1-c1ccccc1. The summed E-state index contributed by atoms with van der Waals surface area (Å²) in [6.45, 7) is 0. The molecule has 0 saturated heterocycles. The van der Waals surface area contributed by atoms with Gasteiger partial charge in [-0.3, -0.25) is 4.79 Å². The molecule has 1 N–H and O–H groups in total. The number of nitrogens with zero attached hydrogens (tertiary/aromatic N) is 1. The van der Waals surface area contributed by atoms with Gasteiger partial charge in [-0.15, -0.1) is 11.6 Å². The zero-order valence-electron chi connectivity index (χ0n) is 12.8. The Labute approximate surface area is 136 Å². The maximum absolute atomic E-state index is 10.7. The molecule has 0 radical (unpaired) electrons. The number of hydrogen-bond acceptors (Lipinski definition) is 2. The van der Waals surface area contributed by atoms with Crippen LogP contribution >= 0.6 is 11.6 Å². The summed E-state index contributed by atoms with van der Waals surface area (Å²) in [5, 5.41) is 8.41. The lowest BCUT2D eigenvalue weighted by molar-refractivity contribution is -0.137. The number of carboxylic acids is 1. The first-order chi connectivity index (χ1) is 10.5. The molecule has 0 aromatic heterocycles. The number of alkyl halides is 1. The molecule has 2 aromatic carbocycles. The quantitative estimate of drug-likeness (QED) is 0.817. The predicted octanol–water partition coefficient (Wildman–Crippen LogP) is 4.04. The lowest BCUT2D eigenvalue weighted by Crippen LogP contribution is -2.13. The average Bonchev–Trinajstić information content (AvgIpc) is 2.47. The van der Waals surface area contributed by atoms with Crippen LogP contribution < -0.4 is 4.90 Å². The van der Waals surface area contributed by atoms with Gasteiger partial charge in [0.2, 0.25) is 0 Å². The minimum absolute atomic E-state index is 0.0285. The van der Waals surface area contributed by atoms with E-state index in [1.807, 2.05) is 38.4 Å². The summed E-state index contributed by atoms with van der Waals surface area (Å²) in [6, 6.07) is 16.4. The van der Waals surface area contributed by atoms with Crippen LogP contribution in [0.3, 0.4) is 0 Å². The molecule has 0 aliphatic carbocycles. The zero-order chi connectivity index (χ0) is 16.1. The minimum atomic E-state index is -0.867. The van der Waals surface area contributed by atoms with Crippen LogP contribution in [0.25, 0.3) is 11.1 Å². The van der Waals surface area contributed by atoms with Gasteiger partial charge >= 0.3 is 5.97 Å². The van der Waals surface area contributed by atoms with Crippen molar-refractivity contribution in [2.75, 3.05) is 19.0 Å². The fourth-order valence-corrected chi connectivity index (χ4v) is 2.76. The highest BCUT2D eigenvalue weighted by Crippen LogP contribution is 2.31. The van der Waals surface area contributed by atoms with Crippen molar-refractivity contribution in [1.29, 1.82) is 0 Å². The molecule has 0 bridgehead atoms. The van der Waals surface area contributed by atoms with Crippen molar-refractivity contribution < 1.29 is 9.90 Å². The summed E-state index contributed by atoms with van der Waals surface area (Å²) in [5.41, 5.74) is 4.46. The van der Waals surface area contributed by atoms with Gasteiger partial charge in [-0.05, 0) is 23.6 Å². The van der Waals surface area contributed by atoms with Crippen molar-refractivity contribution in [3.05, 3.63) is 54.1 Å². The van der Waals surface area contributed by atoms with Gasteiger partial charge in [-0.2, -0.15) is 0 Å². The fraction of sp³-hybridized carbons (Fsp3) is 0.278. The Balaban J connectivity index is 2.30. The summed E-state index contributed by atoms with van der Waals surface area (Å²) >= 11 is 6.10. The van der Waals surface area contributed by atoms with Gasteiger partial charge in [0, 0.05) is 30.7 Å². The number of benzene rings is 2. The van der Waals surface area contributed by atoms with E-state index in [9.17, 15) is 4.79 Å². The van der Waals surface area contributed by atoms with Gasteiger partial charge in [0.1, 0.15) is 0 Å². The Morgan fingerprint density at radius 1 is 1.18 bits per heavy atom. The number of carbonyl (C=O) groups is 1. The molecule has 2 rings (SSSR count). The standard InChI is InChI=1S/C18H20ClNO2/c1-20(2)17-11-13(10-15(19)12-18(21)22)8-9-16(17)14-6-4-3-5-7-14/h3-9,11,15H,10,12H2,1-2H3,(H,21,22). The second-order valence-electron chi connectivity index (χ2n) is 5.51. The molecule has 0 fully saturated rings. The van der Waals surface area contributed by atoms with Crippen LogP contribution in [-0.4, -0.2) is 30.5 Å². The molecule has 22 heavy (non-hydrogen) atoms. The maximum Gasteiger partial charge on any atom is 0.304 e. The minimum Gasteiger partial charge on any atom is -0.481 e. The van der Waals surface area contributed by atoms with Crippen molar-refractivity contribution in [2.24, 2.45) is 0 Å². The lowest BCUT2D eigenvalue weighted by atomic mass is 9.98. The van der Waals surface area contributed by atoms with Crippen molar-refractivity contribution in [2.45, 2.75) is 18.2 Å². The Hall–Kier alpha value is -2.00. The van der Waals surface area contributed by atoms with Crippen LogP contribution in [0.5, 0.6) is 0 Å². The number of hydrogen-bond donors (Lipinski definition) is 1. The smallest absolute Gasteiger partial charge is 0.304 e. The first kappa shape index (κ1) is 16.4. The lowest BCUT2D eigenvalue weighted by Gasteiger charge is -2.19. The molecule has 1 unspecified atom stereocenters. The first-order valence-corrected chi connectivity index (χ1v) is 7.62. The van der Waals surface area contributed by atoms with E-state index in [4.69, 9.17) is 16.7 Å². The van der Waals surface area contributed by atoms with Crippen LogP contribution in [-0.2, 0) is 11.2 Å². The maximum atomic E-state index is 10.7. The molecular weight excluding hydrogens is 298 g/mol. The highest BCUT2D eigenvalue weighted by molar-refractivity contribution is 6.21. The van der Waals surface area contributed by atoms with E-state index < -0.39 is 11.3 Å². The second-order valence-corrected chi connectivity index (χ2v) is 6.13. The number of anilines is 1. The zero-order valence-corrected chi connectivity index (χ0v) is 13.5.